The second kappa shape index (κ2) is 14.6. The molecule has 2 aliphatic rings. The molecule has 0 aliphatic carbocycles. The molecule has 0 unspecified atom stereocenters. The maximum atomic E-state index is 12.0. The van der Waals surface area contributed by atoms with Crippen molar-refractivity contribution < 1.29 is 19.5 Å². The molecule has 3 rings (SSSR count). The average molecular weight is 527 g/mol. The third-order valence-electron chi connectivity index (χ3n) is 5.76. The first-order chi connectivity index (χ1) is 16.5. The van der Waals surface area contributed by atoms with Crippen molar-refractivity contribution in [1.29, 1.82) is 0 Å². The first-order valence-corrected chi connectivity index (χ1v) is 15.3. The summed E-state index contributed by atoms with van der Waals surface area (Å²) in [6.07, 6.45) is 4.64. The summed E-state index contributed by atoms with van der Waals surface area (Å²) in [6.45, 7) is 1.22. The Bertz CT molecular complexity index is 812. The van der Waals surface area contributed by atoms with Gasteiger partial charge in [0.05, 0.1) is 12.1 Å². The summed E-state index contributed by atoms with van der Waals surface area (Å²) in [7, 11) is 3.32. The van der Waals surface area contributed by atoms with Gasteiger partial charge < -0.3 is 26.4 Å². The van der Waals surface area contributed by atoms with Crippen LogP contribution in [0, 0.1) is 0 Å². The lowest BCUT2D eigenvalue weighted by Gasteiger charge is -2.16. The molecule has 5 N–H and O–H groups in total. The van der Waals surface area contributed by atoms with Gasteiger partial charge in [0.1, 0.15) is 5.75 Å². The monoisotopic (exact) mass is 526 g/mol. The number of thioether (sulfide) groups is 1. The van der Waals surface area contributed by atoms with Crippen molar-refractivity contribution >= 4 is 51.2 Å². The molecule has 34 heavy (non-hydrogen) atoms. The Hall–Kier alpha value is -1.72. The van der Waals surface area contributed by atoms with E-state index < -0.39 is 0 Å². The summed E-state index contributed by atoms with van der Waals surface area (Å²) in [6, 6.07) is 7.44. The van der Waals surface area contributed by atoms with Gasteiger partial charge in [0, 0.05) is 48.4 Å². The number of urea groups is 1. The minimum absolute atomic E-state index is 0.0401. The molecule has 0 radical (unpaired) electrons. The SMILES string of the molecule is O=C(CCCC[C@@H]1SC[C@@H]2NC(=O)N[C@@H]21)NCCSSCCC(=O)NCCc1ccc(O)cc1. The number of hydrogen-bond acceptors (Lipinski definition) is 7. The average Bonchev–Trinajstić information content (AvgIpc) is 3.36. The third-order valence-corrected chi connectivity index (χ3v) is 9.67. The molecule has 1 aromatic rings. The fraction of sp³-hybridized carbons (Fsp3) is 0.609. The molecule has 0 bridgehead atoms. The first kappa shape index (κ1) is 26.9. The summed E-state index contributed by atoms with van der Waals surface area (Å²) in [5.74, 6) is 2.89. The summed E-state index contributed by atoms with van der Waals surface area (Å²) < 4.78 is 0. The first-order valence-electron chi connectivity index (χ1n) is 11.8. The van der Waals surface area contributed by atoms with Crippen LogP contribution in [0.3, 0.4) is 0 Å². The van der Waals surface area contributed by atoms with Crippen LogP contribution in [-0.4, -0.2) is 70.6 Å². The second-order valence-electron chi connectivity index (χ2n) is 8.38. The highest BCUT2D eigenvalue weighted by Crippen LogP contribution is 2.33. The van der Waals surface area contributed by atoms with Crippen LogP contribution < -0.4 is 21.3 Å². The number of phenols is 1. The maximum absolute atomic E-state index is 12.0. The number of benzene rings is 1. The van der Waals surface area contributed by atoms with Gasteiger partial charge in [-0.05, 0) is 37.0 Å². The number of aromatic hydroxyl groups is 1. The van der Waals surface area contributed by atoms with Crippen molar-refractivity contribution in [3.63, 3.8) is 0 Å². The highest BCUT2D eigenvalue weighted by molar-refractivity contribution is 8.76. The number of carbonyl (C=O) groups is 3. The van der Waals surface area contributed by atoms with Crippen LogP contribution in [0.4, 0.5) is 4.79 Å². The minimum atomic E-state index is -0.0547. The molecule has 2 fully saturated rings. The topological polar surface area (TPSA) is 120 Å². The van der Waals surface area contributed by atoms with Gasteiger partial charge in [-0.3, -0.25) is 9.59 Å². The van der Waals surface area contributed by atoms with Gasteiger partial charge in [0.15, 0.2) is 0 Å². The van der Waals surface area contributed by atoms with E-state index in [0.717, 1.165) is 48.5 Å². The fourth-order valence-electron chi connectivity index (χ4n) is 3.94. The van der Waals surface area contributed by atoms with Gasteiger partial charge in [-0.25, -0.2) is 4.79 Å². The molecule has 0 spiro atoms. The molecule has 2 aliphatic heterocycles. The highest BCUT2D eigenvalue weighted by Gasteiger charge is 2.42. The number of rotatable bonds is 15. The van der Waals surface area contributed by atoms with E-state index in [0.29, 0.717) is 31.2 Å². The van der Waals surface area contributed by atoms with Gasteiger partial charge in [-0.1, -0.05) is 40.1 Å². The van der Waals surface area contributed by atoms with E-state index in [-0.39, 0.29) is 35.7 Å². The molecule has 0 aromatic heterocycles. The van der Waals surface area contributed by atoms with Gasteiger partial charge in [0.25, 0.3) is 0 Å². The summed E-state index contributed by atoms with van der Waals surface area (Å²) >= 11 is 1.91. The van der Waals surface area contributed by atoms with Crippen LogP contribution in [-0.2, 0) is 16.0 Å². The Labute approximate surface area is 213 Å². The standard InChI is InChI=1S/C23H34N4O4S3/c28-17-7-5-16(6-8-17)9-11-24-21(30)10-13-33-34-14-12-25-20(29)4-2-1-3-19-22-18(15-32-19)26-23(31)27-22/h5-8,18-19,22,28H,1-4,9-15H2,(H,24,30)(H,25,29)(H2,26,27,31)/t18-,19-,22-/m0/s1. The van der Waals surface area contributed by atoms with Crippen LogP contribution in [0.25, 0.3) is 0 Å². The molecule has 11 heteroatoms. The van der Waals surface area contributed by atoms with Crippen molar-refractivity contribution in [2.75, 3.05) is 30.3 Å². The highest BCUT2D eigenvalue weighted by atomic mass is 33.1. The number of fused-ring (bicyclic) bond motifs is 1. The quantitative estimate of drug-likeness (QED) is 0.135. The zero-order chi connectivity index (χ0) is 24.2. The Morgan fingerprint density at radius 1 is 1.00 bits per heavy atom. The van der Waals surface area contributed by atoms with Crippen molar-refractivity contribution in [3.05, 3.63) is 29.8 Å². The van der Waals surface area contributed by atoms with E-state index in [1.165, 1.54) is 0 Å². The van der Waals surface area contributed by atoms with Crippen LogP contribution in [0.5, 0.6) is 5.75 Å². The van der Waals surface area contributed by atoms with Crippen LogP contribution in [0.2, 0.25) is 0 Å². The molecular weight excluding hydrogens is 492 g/mol. The summed E-state index contributed by atoms with van der Waals surface area (Å²) in [5.41, 5.74) is 1.08. The lowest BCUT2D eigenvalue weighted by atomic mass is 10.0. The number of nitrogens with one attached hydrogen (secondary N) is 4. The predicted molar refractivity (Wildman–Crippen MR) is 141 cm³/mol. The number of amides is 4. The minimum Gasteiger partial charge on any atom is -0.508 e. The Kier molecular flexibility index (Phi) is 11.6. The second-order valence-corrected chi connectivity index (χ2v) is 12.4. The number of unbranched alkanes of at least 4 members (excludes halogenated alkanes) is 1. The molecule has 2 saturated heterocycles. The van der Waals surface area contributed by atoms with E-state index in [1.54, 1.807) is 33.7 Å². The van der Waals surface area contributed by atoms with Crippen molar-refractivity contribution in [1.82, 2.24) is 21.3 Å². The molecule has 3 atom stereocenters. The molecule has 2 heterocycles. The summed E-state index contributed by atoms with van der Waals surface area (Å²) in [4.78, 5) is 35.3. The molecule has 188 valence electrons. The number of phenolic OH excluding ortho intramolecular Hbond substituents is 1. The molecule has 8 nitrogen and oxygen atoms in total. The van der Waals surface area contributed by atoms with E-state index >= 15 is 0 Å². The van der Waals surface area contributed by atoms with Gasteiger partial charge in [0.2, 0.25) is 11.8 Å². The molecule has 0 saturated carbocycles. The third kappa shape index (κ3) is 9.50. The van der Waals surface area contributed by atoms with Crippen molar-refractivity contribution in [2.24, 2.45) is 0 Å². The molecule has 1 aromatic carbocycles. The summed E-state index contributed by atoms with van der Waals surface area (Å²) in [5, 5.41) is 21.5. The van der Waals surface area contributed by atoms with Crippen molar-refractivity contribution in [2.45, 2.75) is 55.9 Å². The predicted octanol–water partition coefficient (Wildman–Crippen LogP) is 2.66. The smallest absolute Gasteiger partial charge is 0.315 e. The Morgan fingerprint density at radius 2 is 1.74 bits per heavy atom. The van der Waals surface area contributed by atoms with Crippen LogP contribution in [0.15, 0.2) is 24.3 Å². The van der Waals surface area contributed by atoms with Crippen LogP contribution >= 0.6 is 33.3 Å². The number of hydrogen-bond donors (Lipinski definition) is 5. The maximum Gasteiger partial charge on any atom is 0.315 e. The Morgan fingerprint density at radius 3 is 2.56 bits per heavy atom. The van der Waals surface area contributed by atoms with Gasteiger partial charge in [-0.2, -0.15) is 11.8 Å². The normalized spacial score (nSPS) is 20.9. The van der Waals surface area contributed by atoms with Gasteiger partial charge >= 0.3 is 6.03 Å². The van der Waals surface area contributed by atoms with Crippen molar-refractivity contribution in [3.8, 4) is 5.75 Å². The largest absolute Gasteiger partial charge is 0.508 e. The molecule has 4 amide bonds. The molecular formula is C23H34N4O4S3. The Balaban J connectivity index is 1.09. The zero-order valence-corrected chi connectivity index (χ0v) is 21.7. The van der Waals surface area contributed by atoms with E-state index in [4.69, 9.17) is 0 Å². The van der Waals surface area contributed by atoms with E-state index in [2.05, 4.69) is 21.3 Å². The van der Waals surface area contributed by atoms with E-state index in [9.17, 15) is 19.5 Å². The van der Waals surface area contributed by atoms with Crippen LogP contribution in [0.1, 0.15) is 37.7 Å². The van der Waals surface area contributed by atoms with E-state index in [1.807, 2.05) is 23.9 Å². The number of carbonyl (C=O) groups excluding carboxylic acids is 3. The van der Waals surface area contributed by atoms with Gasteiger partial charge in [-0.15, -0.1) is 0 Å². The fourth-order valence-corrected chi connectivity index (χ4v) is 7.38. The zero-order valence-electron chi connectivity index (χ0n) is 19.2. The lowest BCUT2D eigenvalue weighted by molar-refractivity contribution is -0.121. The lowest BCUT2D eigenvalue weighted by Crippen LogP contribution is -2.36.